The van der Waals surface area contributed by atoms with Gasteiger partial charge in [0.15, 0.2) is 0 Å². The smallest absolute Gasteiger partial charge is 0.221 e. The van der Waals surface area contributed by atoms with Crippen molar-refractivity contribution >= 4 is 5.91 Å². The van der Waals surface area contributed by atoms with Crippen LogP contribution >= 0.6 is 0 Å². The van der Waals surface area contributed by atoms with Crippen molar-refractivity contribution in [3.05, 3.63) is 0 Å². The molecule has 0 aliphatic heterocycles. The maximum Gasteiger partial charge on any atom is 0.221 e. The normalized spacial score (nSPS) is 25.6. The number of carbonyl (C=O) groups is 1. The third-order valence-electron chi connectivity index (χ3n) is 4.34. The van der Waals surface area contributed by atoms with E-state index in [2.05, 4.69) is 39.9 Å². The standard InChI is InChI=1S/C17H34N2O/c1-12(2)14-8-6-7-9-15(14)19-16(20)10-13(18)11-17(3,4)5/h12-15H,6-11,18H2,1-5H3,(H,19,20). The van der Waals surface area contributed by atoms with Crippen LogP contribution in [0.2, 0.25) is 0 Å². The van der Waals surface area contributed by atoms with Gasteiger partial charge in [-0.05, 0) is 36.5 Å². The predicted octanol–water partition coefficient (Wildman–Crippen LogP) is 3.47. The molecular formula is C17H34N2O. The lowest BCUT2D eigenvalue weighted by Crippen LogP contribution is -2.45. The second kappa shape index (κ2) is 7.44. The van der Waals surface area contributed by atoms with Crippen molar-refractivity contribution in [3.63, 3.8) is 0 Å². The Morgan fingerprint density at radius 3 is 2.40 bits per heavy atom. The van der Waals surface area contributed by atoms with Crippen LogP contribution in [0, 0.1) is 17.3 Å². The molecule has 0 aromatic rings. The maximum atomic E-state index is 12.2. The van der Waals surface area contributed by atoms with Gasteiger partial charge in [-0.15, -0.1) is 0 Å². The van der Waals surface area contributed by atoms with E-state index in [9.17, 15) is 4.79 Å². The van der Waals surface area contributed by atoms with E-state index in [1.807, 2.05) is 0 Å². The Hall–Kier alpha value is -0.570. The molecule has 1 aliphatic carbocycles. The summed E-state index contributed by atoms with van der Waals surface area (Å²) in [6, 6.07) is 0.328. The first kappa shape index (κ1) is 17.5. The Labute approximate surface area is 125 Å². The molecule has 3 unspecified atom stereocenters. The van der Waals surface area contributed by atoms with Gasteiger partial charge in [-0.1, -0.05) is 47.5 Å². The highest BCUT2D eigenvalue weighted by atomic mass is 16.1. The summed E-state index contributed by atoms with van der Waals surface area (Å²) in [5.41, 5.74) is 6.29. The topological polar surface area (TPSA) is 55.1 Å². The minimum absolute atomic E-state index is 0.0314. The lowest BCUT2D eigenvalue weighted by Gasteiger charge is -2.35. The van der Waals surface area contributed by atoms with Crippen LogP contribution in [0.1, 0.15) is 73.1 Å². The molecule has 3 atom stereocenters. The molecular weight excluding hydrogens is 248 g/mol. The minimum atomic E-state index is -0.0314. The molecule has 1 fully saturated rings. The lowest BCUT2D eigenvalue weighted by atomic mass is 9.77. The zero-order valence-electron chi connectivity index (χ0n) is 14.0. The maximum absolute atomic E-state index is 12.2. The monoisotopic (exact) mass is 282 g/mol. The van der Waals surface area contributed by atoms with Crippen molar-refractivity contribution in [2.24, 2.45) is 23.0 Å². The molecule has 1 amide bonds. The summed E-state index contributed by atoms with van der Waals surface area (Å²) >= 11 is 0. The molecule has 1 saturated carbocycles. The van der Waals surface area contributed by atoms with Gasteiger partial charge in [0.2, 0.25) is 5.91 Å². The predicted molar refractivity (Wildman–Crippen MR) is 85.4 cm³/mol. The summed E-state index contributed by atoms with van der Waals surface area (Å²) in [4.78, 5) is 12.2. The van der Waals surface area contributed by atoms with Crippen LogP contribution in [0.4, 0.5) is 0 Å². The molecule has 1 rings (SSSR count). The first-order valence-corrected chi connectivity index (χ1v) is 8.24. The molecule has 0 spiro atoms. The number of carbonyl (C=O) groups excluding carboxylic acids is 1. The van der Waals surface area contributed by atoms with Gasteiger partial charge in [0, 0.05) is 18.5 Å². The Bertz CT molecular complexity index is 307. The van der Waals surface area contributed by atoms with E-state index in [0.29, 0.717) is 24.3 Å². The van der Waals surface area contributed by atoms with Crippen molar-refractivity contribution in [3.8, 4) is 0 Å². The van der Waals surface area contributed by atoms with Crippen molar-refractivity contribution in [2.75, 3.05) is 0 Å². The van der Waals surface area contributed by atoms with Crippen LogP contribution in [0.3, 0.4) is 0 Å². The van der Waals surface area contributed by atoms with Gasteiger partial charge in [-0.2, -0.15) is 0 Å². The van der Waals surface area contributed by atoms with Gasteiger partial charge in [0.05, 0.1) is 0 Å². The second-order valence-corrected chi connectivity index (χ2v) is 8.10. The fourth-order valence-electron chi connectivity index (χ4n) is 3.50. The van der Waals surface area contributed by atoms with Crippen LogP contribution in [0.5, 0.6) is 0 Å². The number of hydrogen-bond donors (Lipinski definition) is 2. The molecule has 3 N–H and O–H groups in total. The summed E-state index contributed by atoms with van der Waals surface area (Å²) < 4.78 is 0. The summed E-state index contributed by atoms with van der Waals surface area (Å²) in [6.45, 7) is 11.0. The Balaban J connectivity index is 2.44. The molecule has 20 heavy (non-hydrogen) atoms. The number of hydrogen-bond acceptors (Lipinski definition) is 2. The van der Waals surface area contributed by atoms with E-state index in [0.717, 1.165) is 12.8 Å². The van der Waals surface area contributed by atoms with E-state index in [-0.39, 0.29) is 17.4 Å². The highest BCUT2D eigenvalue weighted by molar-refractivity contribution is 5.76. The number of nitrogens with one attached hydrogen (secondary N) is 1. The Kier molecular flexibility index (Phi) is 6.50. The van der Waals surface area contributed by atoms with Crippen molar-refractivity contribution in [1.82, 2.24) is 5.32 Å². The third-order valence-corrected chi connectivity index (χ3v) is 4.34. The molecule has 0 aromatic carbocycles. The van der Waals surface area contributed by atoms with Crippen molar-refractivity contribution in [2.45, 2.75) is 85.2 Å². The van der Waals surface area contributed by atoms with Gasteiger partial charge in [0.25, 0.3) is 0 Å². The van der Waals surface area contributed by atoms with Gasteiger partial charge in [-0.3, -0.25) is 4.79 Å². The molecule has 0 heterocycles. The molecule has 0 aromatic heterocycles. The molecule has 0 radical (unpaired) electrons. The van der Waals surface area contributed by atoms with E-state index in [1.165, 1.54) is 19.3 Å². The van der Waals surface area contributed by atoms with E-state index < -0.39 is 0 Å². The molecule has 118 valence electrons. The van der Waals surface area contributed by atoms with Crippen LogP contribution in [-0.2, 0) is 4.79 Å². The quantitative estimate of drug-likeness (QED) is 0.811. The second-order valence-electron chi connectivity index (χ2n) is 8.10. The highest BCUT2D eigenvalue weighted by Crippen LogP contribution is 2.30. The van der Waals surface area contributed by atoms with Gasteiger partial charge in [0.1, 0.15) is 0 Å². The lowest BCUT2D eigenvalue weighted by molar-refractivity contribution is -0.123. The van der Waals surface area contributed by atoms with E-state index in [4.69, 9.17) is 5.73 Å². The number of nitrogens with two attached hydrogens (primary N) is 1. The fraction of sp³-hybridized carbons (Fsp3) is 0.941. The Morgan fingerprint density at radius 2 is 1.85 bits per heavy atom. The van der Waals surface area contributed by atoms with Crippen LogP contribution in [0.25, 0.3) is 0 Å². The van der Waals surface area contributed by atoms with E-state index in [1.54, 1.807) is 0 Å². The zero-order chi connectivity index (χ0) is 15.3. The molecule has 0 bridgehead atoms. The first-order valence-electron chi connectivity index (χ1n) is 8.24. The highest BCUT2D eigenvalue weighted by Gasteiger charge is 2.29. The van der Waals surface area contributed by atoms with Gasteiger partial charge < -0.3 is 11.1 Å². The summed E-state index contributed by atoms with van der Waals surface area (Å²) in [5.74, 6) is 1.41. The molecule has 0 saturated heterocycles. The van der Waals surface area contributed by atoms with E-state index >= 15 is 0 Å². The average molecular weight is 282 g/mol. The zero-order valence-corrected chi connectivity index (χ0v) is 14.0. The molecule has 1 aliphatic rings. The largest absolute Gasteiger partial charge is 0.353 e. The molecule has 3 nitrogen and oxygen atoms in total. The van der Waals surface area contributed by atoms with Crippen LogP contribution < -0.4 is 11.1 Å². The fourth-order valence-corrected chi connectivity index (χ4v) is 3.50. The van der Waals surface area contributed by atoms with Gasteiger partial charge >= 0.3 is 0 Å². The van der Waals surface area contributed by atoms with Crippen molar-refractivity contribution in [1.29, 1.82) is 0 Å². The average Bonchev–Trinajstić information content (AvgIpc) is 2.26. The summed E-state index contributed by atoms with van der Waals surface area (Å²) in [6.07, 6.45) is 6.26. The summed E-state index contributed by atoms with van der Waals surface area (Å²) in [7, 11) is 0. The Morgan fingerprint density at radius 1 is 1.25 bits per heavy atom. The van der Waals surface area contributed by atoms with Crippen molar-refractivity contribution < 1.29 is 4.79 Å². The first-order chi connectivity index (χ1) is 9.19. The minimum Gasteiger partial charge on any atom is -0.353 e. The number of rotatable bonds is 5. The molecule has 3 heteroatoms. The summed E-state index contributed by atoms with van der Waals surface area (Å²) in [5, 5.41) is 3.25. The van der Waals surface area contributed by atoms with Crippen LogP contribution in [0.15, 0.2) is 0 Å². The van der Waals surface area contributed by atoms with Gasteiger partial charge in [-0.25, -0.2) is 0 Å². The SMILES string of the molecule is CC(C)C1CCCCC1NC(=O)CC(N)CC(C)(C)C. The van der Waals surface area contributed by atoms with Crippen LogP contribution in [-0.4, -0.2) is 18.0 Å². The third kappa shape index (κ3) is 6.25. The number of amides is 1.